The average molecular weight is 589 g/mol. The van der Waals surface area contributed by atoms with Crippen molar-refractivity contribution in [1.82, 2.24) is 4.57 Å². The smallest absolute Gasteiger partial charge is 0.338 e. The molecule has 2 aromatic carbocycles. The van der Waals surface area contributed by atoms with Crippen LogP contribution < -0.4 is 29.1 Å². The number of rotatable bonds is 7. The third-order valence-corrected chi connectivity index (χ3v) is 7.49. The van der Waals surface area contributed by atoms with Crippen LogP contribution in [0, 0.1) is 0 Å². The van der Waals surface area contributed by atoms with Crippen molar-refractivity contribution in [3.63, 3.8) is 0 Å². The van der Waals surface area contributed by atoms with Gasteiger partial charge < -0.3 is 24.1 Å². The van der Waals surface area contributed by atoms with E-state index in [-0.39, 0.29) is 29.2 Å². The Kier molecular flexibility index (Phi) is 7.74. The Hall–Kier alpha value is -3.57. The van der Waals surface area contributed by atoms with E-state index in [1.807, 2.05) is 0 Å². The normalized spacial score (nSPS) is 15.2. The molecule has 37 heavy (non-hydrogen) atoms. The highest BCUT2D eigenvalue weighted by molar-refractivity contribution is 9.10. The molecule has 0 spiro atoms. The summed E-state index contributed by atoms with van der Waals surface area (Å²) in [4.78, 5) is 32.0. The molecule has 11 heteroatoms. The number of thiazole rings is 1. The maximum Gasteiger partial charge on any atom is 0.338 e. The second kappa shape index (κ2) is 10.8. The van der Waals surface area contributed by atoms with Gasteiger partial charge in [-0.3, -0.25) is 9.36 Å². The number of halogens is 1. The Bertz CT molecular complexity index is 1590. The lowest BCUT2D eigenvalue weighted by Crippen LogP contribution is -2.40. The van der Waals surface area contributed by atoms with E-state index in [4.69, 9.17) is 18.9 Å². The minimum Gasteiger partial charge on any atom is -0.504 e. The lowest BCUT2D eigenvalue weighted by Gasteiger charge is -2.26. The minimum atomic E-state index is -0.832. The number of phenols is 1. The number of hydrogen-bond donors (Lipinski definition) is 1. The molecule has 194 valence electrons. The molecule has 1 aliphatic rings. The van der Waals surface area contributed by atoms with Gasteiger partial charge in [0.05, 0.1) is 49.8 Å². The summed E-state index contributed by atoms with van der Waals surface area (Å²) in [6.07, 6.45) is 1.69. The fourth-order valence-corrected chi connectivity index (χ4v) is 5.69. The van der Waals surface area contributed by atoms with Crippen molar-refractivity contribution in [3.05, 3.63) is 76.9 Å². The third kappa shape index (κ3) is 4.88. The summed E-state index contributed by atoms with van der Waals surface area (Å²) in [7, 11) is 4.49. The van der Waals surface area contributed by atoms with Gasteiger partial charge >= 0.3 is 5.97 Å². The summed E-state index contributed by atoms with van der Waals surface area (Å²) in [6, 6.07) is 7.42. The molecule has 1 aliphatic heterocycles. The summed E-state index contributed by atoms with van der Waals surface area (Å²) >= 11 is 4.78. The fraction of sp³-hybridized carbons (Fsp3) is 0.269. The maximum absolute atomic E-state index is 13.8. The van der Waals surface area contributed by atoms with Crippen LogP contribution in [0.5, 0.6) is 23.0 Å². The van der Waals surface area contributed by atoms with Crippen molar-refractivity contribution in [1.29, 1.82) is 0 Å². The van der Waals surface area contributed by atoms with Crippen LogP contribution in [0.1, 0.15) is 31.0 Å². The molecule has 1 atom stereocenters. The van der Waals surface area contributed by atoms with Crippen LogP contribution in [0.3, 0.4) is 0 Å². The zero-order valence-electron chi connectivity index (χ0n) is 20.8. The van der Waals surface area contributed by atoms with E-state index in [2.05, 4.69) is 20.9 Å². The number of ether oxygens (including phenoxy) is 4. The number of aromatic nitrogens is 1. The molecule has 4 rings (SSSR count). The van der Waals surface area contributed by atoms with E-state index < -0.39 is 12.0 Å². The van der Waals surface area contributed by atoms with Crippen molar-refractivity contribution in [3.8, 4) is 23.0 Å². The molecule has 2 heterocycles. The monoisotopic (exact) mass is 588 g/mol. The van der Waals surface area contributed by atoms with E-state index in [1.165, 1.54) is 43.3 Å². The number of carbonyl (C=O) groups excluding carboxylic acids is 1. The van der Waals surface area contributed by atoms with Crippen LogP contribution in [0.4, 0.5) is 0 Å². The summed E-state index contributed by atoms with van der Waals surface area (Å²) < 4.78 is 23.9. The number of methoxy groups -OCH3 is 3. The van der Waals surface area contributed by atoms with Crippen LogP contribution >= 0.6 is 27.3 Å². The van der Waals surface area contributed by atoms with E-state index in [0.717, 1.165) is 0 Å². The van der Waals surface area contributed by atoms with E-state index in [0.29, 0.717) is 42.1 Å². The number of allylic oxidation sites excluding steroid dienone is 1. The largest absolute Gasteiger partial charge is 0.504 e. The molecule has 0 saturated carbocycles. The number of benzene rings is 2. The zero-order chi connectivity index (χ0) is 26.9. The quantitative estimate of drug-likeness (QED) is 0.422. The number of phenolic OH excluding ortho intramolecular Hbond substituents is 1. The Morgan fingerprint density at radius 3 is 2.46 bits per heavy atom. The summed E-state index contributed by atoms with van der Waals surface area (Å²) in [5.41, 5.74) is 1.63. The van der Waals surface area contributed by atoms with Gasteiger partial charge in [0.1, 0.15) is 0 Å². The van der Waals surface area contributed by atoms with Crippen molar-refractivity contribution in [2.24, 2.45) is 4.99 Å². The van der Waals surface area contributed by atoms with Gasteiger partial charge in [0.2, 0.25) is 0 Å². The van der Waals surface area contributed by atoms with Gasteiger partial charge in [-0.25, -0.2) is 9.79 Å². The Morgan fingerprint density at radius 2 is 1.81 bits per heavy atom. The zero-order valence-corrected chi connectivity index (χ0v) is 23.2. The molecule has 1 aromatic heterocycles. The minimum absolute atomic E-state index is 0.00545. The number of aromatic hydroxyl groups is 1. The van der Waals surface area contributed by atoms with E-state index >= 15 is 0 Å². The first kappa shape index (κ1) is 26.5. The van der Waals surface area contributed by atoms with Crippen LogP contribution in [-0.2, 0) is 9.53 Å². The van der Waals surface area contributed by atoms with Crippen LogP contribution in [-0.4, -0.2) is 43.6 Å². The molecule has 0 bridgehead atoms. The second-order valence-electron chi connectivity index (χ2n) is 7.96. The summed E-state index contributed by atoms with van der Waals surface area (Å²) in [6.45, 7) is 3.61. The number of carbonyl (C=O) groups is 1. The second-order valence-corrected chi connectivity index (χ2v) is 9.83. The van der Waals surface area contributed by atoms with Gasteiger partial charge in [-0.1, -0.05) is 33.3 Å². The molecule has 0 aliphatic carbocycles. The van der Waals surface area contributed by atoms with Gasteiger partial charge in [0, 0.05) is 4.47 Å². The number of hydrogen-bond acceptors (Lipinski definition) is 9. The number of nitrogens with zero attached hydrogens (tertiary/aromatic N) is 2. The van der Waals surface area contributed by atoms with Gasteiger partial charge in [0.15, 0.2) is 27.8 Å². The first-order valence-electron chi connectivity index (χ1n) is 11.2. The van der Waals surface area contributed by atoms with Crippen LogP contribution in [0.25, 0.3) is 6.08 Å². The van der Waals surface area contributed by atoms with Gasteiger partial charge in [-0.15, -0.1) is 0 Å². The first-order chi connectivity index (χ1) is 17.7. The molecule has 9 nitrogen and oxygen atoms in total. The highest BCUT2D eigenvalue weighted by Gasteiger charge is 2.35. The van der Waals surface area contributed by atoms with Gasteiger partial charge in [-0.2, -0.15) is 0 Å². The Morgan fingerprint density at radius 1 is 1.14 bits per heavy atom. The predicted molar refractivity (Wildman–Crippen MR) is 142 cm³/mol. The molecule has 0 saturated heterocycles. The molecule has 0 unspecified atom stereocenters. The molecule has 0 amide bonds. The van der Waals surface area contributed by atoms with Gasteiger partial charge in [0.25, 0.3) is 5.56 Å². The Labute approximate surface area is 225 Å². The standard InChI is InChI=1S/C26H25BrN2O7S/c1-6-36-25(32)22-13(2)28-26-29(23(22)15-11-19(34-4)20(35-5)12-16(15)27)24(31)21(37-26)10-14-7-8-17(30)18(9-14)33-3/h7-12,23,30H,6H2,1-5H3/b21-10-/t23-/m1/s1. The van der Waals surface area contributed by atoms with Crippen LogP contribution in [0.15, 0.2) is 55.9 Å². The first-order valence-corrected chi connectivity index (χ1v) is 12.8. The van der Waals surface area contributed by atoms with E-state index in [1.54, 1.807) is 44.2 Å². The molecule has 0 radical (unpaired) electrons. The highest BCUT2D eigenvalue weighted by Crippen LogP contribution is 2.40. The lowest BCUT2D eigenvalue weighted by molar-refractivity contribution is -0.139. The van der Waals surface area contributed by atoms with Gasteiger partial charge in [-0.05, 0) is 55.3 Å². The summed E-state index contributed by atoms with van der Waals surface area (Å²) in [5.74, 6) is 0.651. The third-order valence-electron chi connectivity index (χ3n) is 5.82. The van der Waals surface area contributed by atoms with E-state index in [9.17, 15) is 14.7 Å². The SMILES string of the molecule is CCOC(=O)C1=C(C)N=c2s/c(=C\c3ccc(O)c(OC)c3)c(=O)n2[C@@H]1c1cc(OC)c(OC)cc1Br. The van der Waals surface area contributed by atoms with Crippen molar-refractivity contribution >= 4 is 39.3 Å². The molecular weight excluding hydrogens is 564 g/mol. The highest BCUT2D eigenvalue weighted by atomic mass is 79.9. The average Bonchev–Trinajstić information content (AvgIpc) is 3.18. The number of fused-ring (bicyclic) bond motifs is 1. The predicted octanol–water partition coefficient (Wildman–Crippen LogP) is 3.29. The Balaban J connectivity index is 2.00. The van der Waals surface area contributed by atoms with Crippen LogP contribution in [0.2, 0.25) is 0 Å². The summed E-state index contributed by atoms with van der Waals surface area (Å²) in [5, 5.41) is 9.92. The number of esters is 1. The van der Waals surface area contributed by atoms with Crippen molar-refractivity contribution in [2.45, 2.75) is 19.9 Å². The molecule has 3 aromatic rings. The molecule has 1 N–H and O–H groups in total. The lowest BCUT2D eigenvalue weighted by atomic mass is 9.95. The van der Waals surface area contributed by atoms with Crippen molar-refractivity contribution in [2.75, 3.05) is 27.9 Å². The molecular formula is C26H25BrN2O7S. The fourth-order valence-electron chi connectivity index (χ4n) is 4.10. The maximum atomic E-state index is 13.8. The molecule has 0 fully saturated rings. The topological polar surface area (TPSA) is 109 Å². The van der Waals surface area contributed by atoms with Crippen molar-refractivity contribution < 1.29 is 28.8 Å².